The molecule has 0 bridgehead atoms. The molecule has 0 saturated carbocycles. The van der Waals surface area contributed by atoms with Crippen molar-refractivity contribution in [2.24, 2.45) is 0 Å². The highest BCUT2D eigenvalue weighted by atomic mass is 35.5. The van der Waals surface area contributed by atoms with Crippen molar-refractivity contribution in [2.45, 2.75) is 20.0 Å². The van der Waals surface area contributed by atoms with Gasteiger partial charge in [0.1, 0.15) is 5.69 Å². The predicted molar refractivity (Wildman–Crippen MR) is 112 cm³/mol. The van der Waals surface area contributed by atoms with Gasteiger partial charge < -0.3 is 15.0 Å². The highest BCUT2D eigenvalue weighted by Crippen LogP contribution is 2.25. The number of H-pyrrole nitrogens is 1. The van der Waals surface area contributed by atoms with Crippen LogP contribution in [0.15, 0.2) is 42.5 Å². The van der Waals surface area contributed by atoms with Gasteiger partial charge in [-0.15, -0.1) is 0 Å². The molecule has 4 rings (SSSR count). The first kappa shape index (κ1) is 19.0. The van der Waals surface area contributed by atoms with Crippen LogP contribution in [0.2, 0.25) is 5.02 Å². The van der Waals surface area contributed by atoms with Crippen molar-refractivity contribution in [2.75, 3.05) is 26.3 Å². The van der Waals surface area contributed by atoms with Crippen LogP contribution in [0.25, 0.3) is 10.9 Å². The summed E-state index contributed by atoms with van der Waals surface area (Å²) in [5.74, 6) is -0.106. The van der Waals surface area contributed by atoms with Crippen LogP contribution in [-0.4, -0.2) is 42.1 Å². The minimum atomic E-state index is -0.106. The summed E-state index contributed by atoms with van der Waals surface area (Å²) in [5, 5.41) is 4.71. The lowest BCUT2D eigenvalue weighted by atomic mass is 10.1. The topological polar surface area (TPSA) is 57.4 Å². The number of nitrogens with zero attached hydrogens (tertiary/aromatic N) is 1. The second-order valence-corrected chi connectivity index (χ2v) is 7.59. The fraction of sp³-hybridized carbons (Fsp3) is 0.318. The van der Waals surface area contributed by atoms with Gasteiger partial charge in [0.15, 0.2) is 0 Å². The summed E-state index contributed by atoms with van der Waals surface area (Å²) < 4.78 is 5.43. The maximum Gasteiger partial charge on any atom is 0.268 e. The third-order valence-corrected chi connectivity index (χ3v) is 5.54. The highest BCUT2D eigenvalue weighted by molar-refractivity contribution is 6.31. The molecule has 0 aliphatic carbocycles. The molecular formula is C22H24ClN3O2. The summed E-state index contributed by atoms with van der Waals surface area (Å²) in [7, 11) is 0. The average Bonchev–Trinajstić information content (AvgIpc) is 3.04. The highest BCUT2D eigenvalue weighted by Gasteiger charge is 2.16. The van der Waals surface area contributed by atoms with E-state index in [-0.39, 0.29) is 5.91 Å². The van der Waals surface area contributed by atoms with Gasteiger partial charge in [0.2, 0.25) is 0 Å². The number of carbonyl (C=O) groups excluding carboxylic acids is 1. The van der Waals surface area contributed by atoms with E-state index in [1.807, 2.05) is 37.3 Å². The molecule has 2 heterocycles. The molecule has 0 unspecified atom stereocenters. The number of amides is 1. The van der Waals surface area contributed by atoms with E-state index in [0.717, 1.165) is 54.9 Å². The van der Waals surface area contributed by atoms with E-state index >= 15 is 0 Å². The zero-order valence-corrected chi connectivity index (χ0v) is 16.7. The Bertz CT molecular complexity index is 993. The van der Waals surface area contributed by atoms with E-state index in [1.54, 1.807) is 0 Å². The number of hydrogen-bond donors (Lipinski definition) is 2. The first-order chi connectivity index (χ1) is 13.6. The molecule has 1 amide bonds. The van der Waals surface area contributed by atoms with Crippen LogP contribution < -0.4 is 5.32 Å². The minimum absolute atomic E-state index is 0.106. The second kappa shape index (κ2) is 8.35. The van der Waals surface area contributed by atoms with Gasteiger partial charge in [-0.2, -0.15) is 0 Å². The largest absolute Gasteiger partial charge is 0.379 e. The number of benzene rings is 2. The van der Waals surface area contributed by atoms with Crippen molar-refractivity contribution >= 4 is 28.4 Å². The standard InChI is InChI=1S/C22H24ClN3O2/c1-15-19-12-18(23)6-7-20(19)25-21(15)22(27)24-13-16-4-2-3-5-17(16)14-26-8-10-28-11-9-26/h2-7,12,25H,8-11,13-14H2,1H3,(H,24,27). The molecule has 0 spiro atoms. The Morgan fingerprint density at radius 3 is 2.71 bits per heavy atom. The molecule has 146 valence electrons. The van der Waals surface area contributed by atoms with Crippen molar-refractivity contribution in [3.8, 4) is 0 Å². The molecule has 1 saturated heterocycles. The van der Waals surface area contributed by atoms with E-state index in [4.69, 9.17) is 16.3 Å². The van der Waals surface area contributed by atoms with E-state index < -0.39 is 0 Å². The first-order valence-electron chi connectivity index (χ1n) is 9.55. The van der Waals surface area contributed by atoms with Gasteiger partial charge in [0.05, 0.1) is 13.2 Å². The van der Waals surface area contributed by atoms with E-state index in [9.17, 15) is 4.79 Å². The molecule has 28 heavy (non-hydrogen) atoms. The first-order valence-corrected chi connectivity index (χ1v) is 9.92. The fourth-order valence-electron chi connectivity index (χ4n) is 3.67. The van der Waals surface area contributed by atoms with Gasteiger partial charge in [-0.1, -0.05) is 35.9 Å². The summed E-state index contributed by atoms with van der Waals surface area (Å²) in [6, 6.07) is 13.9. The number of fused-ring (bicyclic) bond motifs is 1. The van der Waals surface area contributed by atoms with Crippen LogP contribution in [-0.2, 0) is 17.8 Å². The molecule has 1 aromatic heterocycles. The minimum Gasteiger partial charge on any atom is -0.379 e. The van der Waals surface area contributed by atoms with Crippen molar-refractivity contribution in [1.29, 1.82) is 0 Å². The summed E-state index contributed by atoms with van der Waals surface area (Å²) in [6.45, 7) is 6.75. The lowest BCUT2D eigenvalue weighted by molar-refractivity contribution is 0.0340. The van der Waals surface area contributed by atoms with Crippen molar-refractivity contribution in [3.63, 3.8) is 0 Å². The molecule has 2 aromatic carbocycles. The maximum absolute atomic E-state index is 12.8. The Morgan fingerprint density at radius 1 is 1.18 bits per heavy atom. The van der Waals surface area contributed by atoms with Crippen molar-refractivity contribution in [3.05, 3.63) is 69.9 Å². The molecular weight excluding hydrogens is 374 g/mol. The number of hydrogen-bond acceptors (Lipinski definition) is 3. The Kier molecular flexibility index (Phi) is 5.67. The van der Waals surface area contributed by atoms with Gasteiger partial charge in [-0.3, -0.25) is 9.69 Å². The molecule has 2 N–H and O–H groups in total. The number of aryl methyl sites for hydroxylation is 1. The zero-order chi connectivity index (χ0) is 19.5. The number of rotatable bonds is 5. The van der Waals surface area contributed by atoms with Crippen LogP contribution in [0, 0.1) is 6.92 Å². The Hall–Kier alpha value is -2.34. The van der Waals surface area contributed by atoms with Gasteiger partial charge in [-0.05, 0) is 41.8 Å². The SMILES string of the molecule is Cc1c(C(=O)NCc2ccccc2CN2CCOCC2)[nH]c2ccc(Cl)cc12. The van der Waals surface area contributed by atoms with Gasteiger partial charge in [-0.25, -0.2) is 0 Å². The predicted octanol–water partition coefficient (Wildman–Crippen LogP) is 3.89. The van der Waals surface area contributed by atoms with Gasteiger partial charge in [0, 0.05) is 42.1 Å². The summed E-state index contributed by atoms with van der Waals surface area (Å²) in [4.78, 5) is 18.4. The van der Waals surface area contributed by atoms with Gasteiger partial charge >= 0.3 is 0 Å². The average molecular weight is 398 g/mol. The number of aromatic nitrogens is 1. The quantitative estimate of drug-likeness (QED) is 0.686. The molecule has 1 aliphatic heterocycles. The number of morpholine rings is 1. The van der Waals surface area contributed by atoms with E-state index in [1.165, 1.54) is 5.56 Å². The van der Waals surface area contributed by atoms with Crippen LogP contribution >= 0.6 is 11.6 Å². The van der Waals surface area contributed by atoms with Crippen LogP contribution in [0.3, 0.4) is 0 Å². The lowest BCUT2D eigenvalue weighted by Gasteiger charge is -2.27. The Labute approximate surface area is 169 Å². The summed E-state index contributed by atoms with van der Waals surface area (Å²) >= 11 is 6.09. The fourth-order valence-corrected chi connectivity index (χ4v) is 3.85. The molecule has 6 heteroatoms. The third-order valence-electron chi connectivity index (χ3n) is 5.30. The summed E-state index contributed by atoms with van der Waals surface area (Å²) in [6.07, 6.45) is 0. The lowest BCUT2D eigenvalue weighted by Crippen LogP contribution is -2.36. The number of carbonyl (C=O) groups is 1. The van der Waals surface area contributed by atoms with Crippen LogP contribution in [0.1, 0.15) is 27.2 Å². The van der Waals surface area contributed by atoms with Gasteiger partial charge in [0.25, 0.3) is 5.91 Å². The number of nitrogens with one attached hydrogen (secondary N) is 2. The Morgan fingerprint density at radius 2 is 1.93 bits per heavy atom. The van der Waals surface area contributed by atoms with Crippen LogP contribution in [0.5, 0.6) is 0 Å². The number of halogens is 1. The molecule has 5 nitrogen and oxygen atoms in total. The third kappa shape index (κ3) is 4.07. The van der Waals surface area contributed by atoms with Crippen LogP contribution in [0.4, 0.5) is 0 Å². The smallest absolute Gasteiger partial charge is 0.268 e. The number of aromatic amines is 1. The molecule has 0 atom stereocenters. The molecule has 0 radical (unpaired) electrons. The van der Waals surface area contributed by atoms with Crippen molar-refractivity contribution < 1.29 is 9.53 Å². The molecule has 3 aromatic rings. The van der Waals surface area contributed by atoms with E-state index in [0.29, 0.717) is 17.3 Å². The number of ether oxygens (including phenoxy) is 1. The summed E-state index contributed by atoms with van der Waals surface area (Å²) in [5.41, 5.74) is 4.79. The molecule has 1 aliphatic rings. The zero-order valence-electron chi connectivity index (χ0n) is 15.9. The second-order valence-electron chi connectivity index (χ2n) is 7.15. The molecule has 1 fully saturated rings. The normalized spacial score (nSPS) is 15.1. The van der Waals surface area contributed by atoms with Crippen molar-refractivity contribution in [1.82, 2.24) is 15.2 Å². The van der Waals surface area contributed by atoms with E-state index in [2.05, 4.69) is 27.3 Å². The Balaban J connectivity index is 1.47. The monoisotopic (exact) mass is 397 g/mol. The maximum atomic E-state index is 12.8.